The lowest BCUT2D eigenvalue weighted by Crippen LogP contribution is -2.09. The largest absolute Gasteiger partial charge is 0.377 e. The summed E-state index contributed by atoms with van der Waals surface area (Å²) in [5.41, 5.74) is 6.77. The summed E-state index contributed by atoms with van der Waals surface area (Å²) < 4.78 is 0. The van der Waals surface area contributed by atoms with Crippen LogP contribution in [0.2, 0.25) is 0 Å². The number of aromatic nitrogens is 4. The molecule has 2 aromatic heterocycles. The van der Waals surface area contributed by atoms with Gasteiger partial charge in [-0.1, -0.05) is 0 Å². The number of hydrazone groups is 1. The molecular formula is C6H7N7S. The van der Waals surface area contributed by atoms with Crippen LogP contribution >= 0.6 is 11.8 Å². The first-order chi connectivity index (χ1) is 6.81. The summed E-state index contributed by atoms with van der Waals surface area (Å²) >= 11 is 1.16. The zero-order valence-electron chi connectivity index (χ0n) is 7.01. The van der Waals surface area contributed by atoms with Crippen molar-refractivity contribution in [1.29, 1.82) is 0 Å². The average Bonchev–Trinajstić information content (AvgIpc) is 2.66. The van der Waals surface area contributed by atoms with Gasteiger partial charge in [-0.25, -0.2) is 15.0 Å². The van der Waals surface area contributed by atoms with Gasteiger partial charge >= 0.3 is 0 Å². The second kappa shape index (κ2) is 3.50. The molecule has 0 aliphatic rings. The predicted octanol–water partition coefficient (Wildman–Crippen LogP) is -0.367. The molecule has 0 atom stereocenters. The molecule has 0 bridgehead atoms. The van der Waals surface area contributed by atoms with Gasteiger partial charge in [0.05, 0.1) is 6.33 Å². The van der Waals surface area contributed by atoms with E-state index in [9.17, 15) is 0 Å². The van der Waals surface area contributed by atoms with Gasteiger partial charge < -0.3 is 16.6 Å². The molecule has 8 heteroatoms. The maximum absolute atomic E-state index is 5.46. The molecule has 0 saturated carbocycles. The number of hydrogen-bond acceptors (Lipinski definition) is 6. The molecule has 0 spiro atoms. The number of imidazole rings is 1. The van der Waals surface area contributed by atoms with Gasteiger partial charge in [0.15, 0.2) is 10.8 Å². The van der Waals surface area contributed by atoms with Crippen molar-refractivity contribution >= 4 is 28.1 Å². The molecule has 0 aromatic carbocycles. The van der Waals surface area contributed by atoms with Gasteiger partial charge in [-0.05, 0) is 11.8 Å². The fourth-order valence-electron chi connectivity index (χ4n) is 0.946. The Balaban J connectivity index is 2.46. The summed E-state index contributed by atoms with van der Waals surface area (Å²) in [7, 11) is 0. The highest BCUT2D eigenvalue weighted by Crippen LogP contribution is 2.20. The van der Waals surface area contributed by atoms with E-state index in [1.54, 1.807) is 6.33 Å². The number of hydrogen-bond donors (Lipinski definition) is 3. The Hall–Kier alpha value is -1.83. The van der Waals surface area contributed by atoms with E-state index in [2.05, 4.69) is 25.0 Å². The molecule has 14 heavy (non-hydrogen) atoms. The van der Waals surface area contributed by atoms with E-state index >= 15 is 0 Å². The number of nitrogens with one attached hydrogen (secondary N) is 1. The number of rotatable bonds is 1. The van der Waals surface area contributed by atoms with Crippen LogP contribution in [0, 0.1) is 0 Å². The SMILES string of the molecule is N/N=C(\N)Sc1ncnc2nc[nH]c12. The Morgan fingerprint density at radius 2 is 2.29 bits per heavy atom. The summed E-state index contributed by atoms with van der Waals surface area (Å²) in [6.07, 6.45) is 2.95. The van der Waals surface area contributed by atoms with Crippen LogP contribution in [-0.2, 0) is 0 Å². The topological polar surface area (TPSA) is 119 Å². The highest BCUT2D eigenvalue weighted by atomic mass is 32.2. The van der Waals surface area contributed by atoms with E-state index in [0.717, 1.165) is 17.3 Å². The summed E-state index contributed by atoms with van der Waals surface area (Å²) in [4.78, 5) is 14.9. The van der Waals surface area contributed by atoms with E-state index in [4.69, 9.17) is 11.6 Å². The normalized spacial score (nSPS) is 12.1. The van der Waals surface area contributed by atoms with Crippen LogP contribution in [0.15, 0.2) is 22.8 Å². The Morgan fingerprint density at radius 3 is 3.07 bits per heavy atom. The number of nitrogens with two attached hydrogens (primary N) is 2. The van der Waals surface area contributed by atoms with Gasteiger partial charge in [0.1, 0.15) is 16.9 Å². The first-order valence-electron chi connectivity index (χ1n) is 3.66. The molecule has 0 aliphatic heterocycles. The lowest BCUT2D eigenvalue weighted by atomic mass is 10.6. The minimum Gasteiger partial charge on any atom is -0.377 e. The van der Waals surface area contributed by atoms with Crippen LogP contribution in [0.4, 0.5) is 0 Å². The fraction of sp³-hybridized carbons (Fsp3) is 0. The maximum Gasteiger partial charge on any atom is 0.183 e. The van der Waals surface area contributed by atoms with Gasteiger partial charge in [-0.15, -0.1) is 0 Å². The quantitative estimate of drug-likeness (QED) is 0.147. The molecule has 5 N–H and O–H groups in total. The molecule has 0 fully saturated rings. The summed E-state index contributed by atoms with van der Waals surface area (Å²) in [5.74, 6) is 5.01. The third kappa shape index (κ3) is 1.46. The standard InChI is InChI=1S/C6H7N7S/c7-6(13-8)14-5-3-4(10-1-9-3)11-2-12-5/h1-2H,8H2,(H2,7,13)(H,9,10,11,12). The van der Waals surface area contributed by atoms with E-state index in [0.29, 0.717) is 10.7 Å². The van der Waals surface area contributed by atoms with Crippen LogP contribution in [0.25, 0.3) is 11.2 Å². The first-order valence-corrected chi connectivity index (χ1v) is 4.48. The van der Waals surface area contributed by atoms with Crippen LogP contribution in [-0.4, -0.2) is 25.1 Å². The van der Waals surface area contributed by atoms with Crippen LogP contribution in [0.3, 0.4) is 0 Å². The van der Waals surface area contributed by atoms with Crippen molar-refractivity contribution in [3.63, 3.8) is 0 Å². The van der Waals surface area contributed by atoms with Gasteiger partial charge in [-0.3, -0.25) is 0 Å². The Kier molecular flexibility index (Phi) is 2.19. The molecule has 0 saturated heterocycles. The third-order valence-corrected chi connectivity index (χ3v) is 2.33. The van der Waals surface area contributed by atoms with E-state index in [1.807, 2.05) is 0 Å². The predicted molar refractivity (Wildman–Crippen MR) is 53.4 cm³/mol. The molecule has 7 nitrogen and oxygen atoms in total. The number of fused-ring (bicyclic) bond motifs is 1. The van der Waals surface area contributed by atoms with Crippen molar-refractivity contribution < 1.29 is 0 Å². The van der Waals surface area contributed by atoms with E-state index in [-0.39, 0.29) is 5.17 Å². The lowest BCUT2D eigenvalue weighted by Gasteiger charge is -1.98. The molecule has 2 rings (SSSR count). The first kappa shape index (κ1) is 8.75. The molecule has 0 amide bonds. The maximum atomic E-state index is 5.46. The molecule has 72 valence electrons. The van der Waals surface area contributed by atoms with Crippen molar-refractivity contribution in [1.82, 2.24) is 19.9 Å². The van der Waals surface area contributed by atoms with E-state index < -0.39 is 0 Å². The molecule has 2 aromatic rings. The van der Waals surface area contributed by atoms with Gasteiger partial charge in [0.25, 0.3) is 0 Å². The monoisotopic (exact) mass is 209 g/mol. The molecule has 2 heterocycles. The highest BCUT2D eigenvalue weighted by molar-refractivity contribution is 8.13. The van der Waals surface area contributed by atoms with E-state index in [1.165, 1.54) is 6.33 Å². The minimum absolute atomic E-state index is 0.236. The van der Waals surface area contributed by atoms with Gasteiger partial charge in [0, 0.05) is 0 Å². The summed E-state index contributed by atoms with van der Waals surface area (Å²) in [5, 5.41) is 4.23. The third-order valence-electron chi connectivity index (χ3n) is 1.52. The number of amidine groups is 1. The highest BCUT2D eigenvalue weighted by Gasteiger charge is 2.07. The van der Waals surface area contributed by atoms with Crippen molar-refractivity contribution in [3.05, 3.63) is 12.7 Å². The average molecular weight is 209 g/mol. The fourth-order valence-corrected chi connectivity index (χ4v) is 1.55. The zero-order chi connectivity index (χ0) is 9.97. The summed E-state index contributed by atoms with van der Waals surface area (Å²) in [6, 6.07) is 0. The molecule has 0 aliphatic carbocycles. The lowest BCUT2D eigenvalue weighted by molar-refractivity contribution is 1.09. The van der Waals surface area contributed by atoms with Crippen molar-refractivity contribution in [3.8, 4) is 0 Å². The smallest absolute Gasteiger partial charge is 0.183 e. The van der Waals surface area contributed by atoms with Crippen LogP contribution in [0.5, 0.6) is 0 Å². The zero-order valence-corrected chi connectivity index (χ0v) is 7.82. The Bertz CT molecular complexity index is 476. The van der Waals surface area contributed by atoms with Crippen LogP contribution < -0.4 is 11.6 Å². The number of aromatic amines is 1. The molecule has 0 radical (unpaired) electrons. The van der Waals surface area contributed by atoms with Gasteiger partial charge in [-0.2, -0.15) is 5.10 Å². The van der Waals surface area contributed by atoms with Gasteiger partial charge in [0.2, 0.25) is 0 Å². The van der Waals surface area contributed by atoms with Crippen molar-refractivity contribution in [2.75, 3.05) is 0 Å². The van der Waals surface area contributed by atoms with Crippen molar-refractivity contribution in [2.24, 2.45) is 16.7 Å². The number of nitrogens with zero attached hydrogens (tertiary/aromatic N) is 4. The van der Waals surface area contributed by atoms with Crippen molar-refractivity contribution in [2.45, 2.75) is 5.03 Å². The number of H-pyrrole nitrogens is 1. The second-order valence-corrected chi connectivity index (χ2v) is 3.36. The summed E-state index contributed by atoms with van der Waals surface area (Å²) in [6.45, 7) is 0. The molecule has 0 unspecified atom stereocenters. The van der Waals surface area contributed by atoms with Crippen LogP contribution in [0.1, 0.15) is 0 Å². The Morgan fingerprint density at radius 1 is 1.43 bits per heavy atom. The second-order valence-electron chi connectivity index (χ2n) is 2.35. The minimum atomic E-state index is 0.236. The number of thioether (sulfide) groups is 1. The Labute approximate surface area is 83.0 Å². The molecular weight excluding hydrogens is 202 g/mol.